The number of nitrogens with zero attached hydrogens (tertiary/aromatic N) is 9. The molecule has 4 N–H and O–H groups in total. The van der Waals surface area contributed by atoms with Crippen LogP contribution in [0.25, 0.3) is 0 Å². The summed E-state index contributed by atoms with van der Waals surface area (Å²) in [4.78, 5) is 83.1. The number of cyclic esters (lactones) is 2. The van der Waals surface area contributed by atoms with E-state index in [1.165, 1.54) is 55.6 Å². The molecule has 4 aromatic rings. The molecule has 0 spiro atoms. The van der Waals surface area contributed by atoms with Crippen LogP contribution in [-0.2, 0) is 19.1 Å². The van der Waals surface area contributed by atoms with E-state index in [0.717, 1.165) is 0 Å². The lowest BCUT2D eigenvalue weighted by Gasteiger charge is -2.36. The number of rotatable bonds is 9. The predicted molar refractivity (Wildman–Crippen MR) is 254 cm³/mol. The molecule has 2 aromatic heterocycles. The molecule has 4 saturated heterocycles. The van der Waals surface area contributed by atoms with Crippen LogP contribution in [0.3, 0.4) is 0 Å². The van der Waals surface area contributed by atoms with E-state index in [4.69, 9.17) is 37.6 Å². The number of pyridine rings is 2. The summed E-state index contributed by atoms with van der Waals surface area (Å²) in [6.07, 6.45) is 1.16. The molecule has 0 aliphatic carbocycles. The third-order valence-electron chi connectivity index (χ3n) is 11.1. The lowest BCUT2D eigenvalue weighted by molar-refractivity contribution is -0.135. The van der Waals surface area contributed by atoms with Crippen LogP contribution in [0.5, 0.6) is 0 Å². The van der Waals surface area contributed by atoms with Gasteiger partial charge in [-0.2, -0.15) is 0 Å². The van der Waals surface area contributed by atoms with E-state index in [-0.39, 0.29) is 53.8 Å². The molecule has 24 heteroatoms. The fourth-order valence-electron chi connectivity index (χ4n) is 7.54. The van der Waals surface area contributed by atoms with Gasteiger partial charge in [0, 0.05) is 83.4 Å². The third-order valence-corrected chi connectivity index (χ3v) is 11.7. The van der Waals surface area contributed by atoms with Crippen LogP contribution in [0.2, 0.25) is 0 Å². The van der Waals surface area contributed by atoms with Gasteiger partial charge < -0.3 is 45.0 Å². The van der Waals surface area contributed by atoms with Crippen molar-refractivity contribution in [3.63, 3.8) is 0 Å². The van der Waals surface area contributed by atoms with Gasteiger partial charge in [-0.1, -0.05) is 12.1 Å². The zero-order valence-corrected chi connectivity index (χ0v) is 38.1. The quantitative estimate of drug-likeness (QED) is 0.159. The Morgan fingerprint density at radius 2 is 1.10 bits per heavy atom. The maximum absolute atomic E-state index is 14.7. The summed E-state index contributed by atoms with van der Waals surface area (Å²) in [5.74, 6) is -1.55. The fraction of sp³-hybridized carbons (Fsp3) is 0.364. The third kappa shape index (κ3) is 12.3. The number of isothiocyanates is 1. The number of aromatic nitrogens is 2. The average Bonchev–Trinajstić information content (AvgIpc) is 3.94. The van der Waals surface area contributed by atoms with Gasteiger partial charge in [0.1, 0.15) is 37.1 Å². The van der Waals surface area contributed by atoms with Crippen LogP contribution in [0.1, 0.15) is 0 Å². The number of halogens is 2. The minimum absolute atomic E-state index is 0.149. The van der Waals surface area contributed by atoms with Gasteiger partial charge in [0.25, 0.3) is 11.1 Å². The summed E-state index contributed by atoms with van der Waals surface area (Å²) >= 11 is 9.59. The number of amides is 4. The van der Waals surface area contributed by atoms with E-state index in [9.17, 15) is 37.5 Å². The summed E-state index contributed by atoms with van der Waals surface area (Å²) in [6.45, 7) is 3.54. The van der Waals surface area contributed by atoms with E-state index in [0.29, 0.717) is 81.7 Å². The number of hydrogen-bond acceptors (Lipinski definition) is 16. The smallest absolute Gasteiger partial charge is 0.414 e. The number of aliphatic imine (C=N–C) groups is 1. The Morgan fingerprint density at radius 3 is 1.47 bits per heavy atom. The molecule has 360 valence electrons. The SMILES string of the molecule is NC[C@H]1CN(c2ccc(N3CCN(C(=O)CO)CC3)c(F)c2)C(=O)O1.O=C(CO)N1CCN(c2ccc(N3C[C@H](CN=C=S)OC3=O)cc2F)CC1.O=c1ccccn1C(=S)n1ccccc1=O. The maximum Gasteiger partial charge on any atom is 0.414 e. The molecular weight excluding hydrogens is 931 g/mol. The molecular formula is C44H48F2N10O10S2. The van der Waals surface area contributed by atoms with Crippen molar-refractivity contribution in [2.45, 2.75) is 12.2 Å². The first kappa shape index (κ1) is 50.5. The Labute approximate surface area is 398 Å². The summed E-state index contributed by atoms with van der Waals surface area (Å²) in [5, 5.41) is 20.2. The molecule has 0 bridgehead atoms. The molecule has 8 rings (SSSR count). The molecule has 0 radical (unpaired) electrons. The highest BCUT2D eigenvalue weighted by Crippen LogP contribution is 2.30. The number of aliphatic hydroxyl groups is 2. The van der Waals surface area contributed by atoms with Gasteiger partial charge in [-0.25, -0.2) is 23.4 Å². The van der Waals surface area contributed by atoms with Crippen molar-refractivity contribution >= 4 is 81.5 Å². The number of thiocarbonyl (C=S) groups is 2. The minimum atomic E-state index is -0.553. The summed E-state index contributed by atoms with van der Waals surface area (Å²) in [6, 6.07) is 18.6. The maximum atomic E-state index is 14.7. The molecule has 4 aliphatic heterocycles. The Morgan fingerprint density at radius 1 is 0.676 bits per heavy atom. The van der Waals surface area contributed by atoms with Crippen molar-refractivity contribution in [3.05, 3.63) is 118 Å². The molecule has 4 amide bonds. The minimum Gasteiger partial charge on any atom is -0.443 e. The Bertz CT molecular complexity index is 2600. The van der Waals surface area contributed by atoms with Gasteiger partial charge in [0.2, 0.25) is 11.8 Å². The van der Waals surface area contributed by atoms with Crippen molar-refractivity contribution in [3.8, 4) is 0 Å². The number of benzene rings is 2. The Balaban J connectivity index is 0.000000173. The number of anilines is 4. The molecule has 2 aromatic carbocycles. The van der Waals surface area contributed by atoms with Crippen LogP contribution in [-0.4, -0.2) is 167 Å². The summed E-state index contributed by atoms with van der Waals surface area (Å²) in [5.41, 5.74) is 6.64. The molecule has 6 heterocycles. The van der Waals surface area contributed by atoms with Crippen LogP contribution in [0, 0.1) is 11.6 Å². The first-order valence-corrected chi connectivity index (χ1v) is 22.0. The first-order valence-electron chi connectivity index (χ1n) is 21.2. The van der Waals surface area contributed by atoms with Crippen molar-refractivity contribution in [2.75, 3.05) is 111 Å². The lowest BCUT2D eigenvalue weighted by Crippen LogP contribution is -2.49. The number of carbonyl (C=O) groups excluding carboxylic acids is 4. The fourth-order valence-corrected chi connectivity index (χ4v) is 7.92. The standard InChI is InChI=1S/C17H19FN4O4S.C16H21FN4O4.C11H8N2O2S/c18-14-7-12(22-9-13(8-19-11-27)26-17(22)25)1-2-15(14)20-3-5-21(6-4-20)16(24)10-23;17-13-7-11(21-9-12(8-18)25-16(21)24)1-2-14(13)19-3-5-20(6-4-19)15(23)10-22;14-9-5-1-3-7-12(9)11(16)13-8-4-2-6-10(13)15/h1-2,7,13,23H,3-6,8-10H2;1-2,7,12,22H,3-6,8-10,18H2;1-8H/t13-;12-;/m00./s1. The number of ether oxygens (including phenoxy) is 2. The van der Waals surface area contributed by atoms with E-state index in [1.807, 2.05) is 9.80 Å². The second-order valence-corrected chi connectivity index (χ2v) is 15.9. The van der Waals surface area contributed by atoms with Gasteiger partial charge in [0.15, 0.2) is 5.11 Å². The van der Waals surface area contributed by atoms with Gasteiger partial charge in [-0.3, -0.25) is 38.1 Å². The molecule has 4 aliphatic rings. The van der Waals surface area contributed by atoms with Crippen LogP contribution < -0.4 is 36.5 Å². The molecule has 20 nitrogen and oxygen atoms in total. The average molecular weight is 979 g/mol. The van der Waals surface area contributed by atoms with Crippen LogP contribution in [0.15, 0.2) is 99.8 Å². The van der Waals surface area contributed by atoms with E-state index >= 15 is 0 Å². The summed E-state index contributed by atoms with van der Waals surface area (Å²) in [7, 11) is 0. The van der Waals surface area contributed by atoms with Crippen molar-refractivity contribution in [2.24, 2.45) is 10.7 Å². The second kappa shape index (κ2) is 23.7. The van der Waals surface area contributed by atoms with Crippen molar-refractivity contribution in [1.82, 2.24) is 18.9 Å². The number of hydrogen-bond donors (Lipinski definition) is 3. The number of aliphatic hydroxyl groups excluding tert-OH is 2. The number of nitrogens with two attached hydrogens (primary N) is 1. The highest BCUT2D eigenvalue weighted by atomic mass is 32.1. The highest BCUT2D eigenvalue weighted by molar-refractivity contribution is 7.80. The zero-order chi connectivity index (χ0) is 48.9. The molecule has 68 heavy (non-hydrogen) atoms. The molecule has 4 fully saturated rings. The first-order chi connectivity index (χ1) is 32.8. The largest absolute Gasteiger partial charge is 0.443 e. The highest BCUT2D eigenvalue weighted by Gasteiger charge is 2.34. The summed E-state index contributed by atoms with van der Waals surface area (Å²) < 4.78 is 42.0. The second-order valence-electron chi connectivity index (χ2n) is 15.3. The number of carbonyl (C=O) groups is 4. The monoisotopic (exact) mass is 978 g/mol. The van der Waals surface area contributed by atoms with Crippen molar-refractivity contribution in [1.29, 1.82) is 0 Å². The van der Waals surface area contributed by atoms with Crippen molar-refractivity contribution < 1.29 is 47.6 Å². The van der Waals surface area contributed by atoms with E-state index < -0.39 is 43.1 Å². The zero-order valence-electron chi connectivity index (χ0n) is 36.5. The van der Waals surface area contributed by atoms with Gasteiger partial charge in [-0.15, -0.1) is 0 Å². The van der Waals surface area contributed by atoms with Gasteiger partial charge >= 0.3 is 12.2 Å². The van der Waals surface area contributed by atoms with E-state index in [2.05, 4.69) is 22.4 Å². The van der Waals surface area contributed by atoms with Gasteiger partial charge in [-0.05, 0) is 73.0 Å². The lowest BCUT2D eigenvalue weighted by atomic mass is 10.2. The molecule has 0 unspecified atom stereocenters. The topological polar surface area (TPSA) is 229 Å². The normalized spacial score (nSPS) is 17.8. The van der Waals surface area contributed by atoms with Gasteiger partial charge in [0.05, 0.1) is 47.5 Å². The molecule has 0 saturated carbocycles. The number of piperazine rings is 2. The molecule has 2 atom stereocenters. The Kier molecular flexibility index (Phi) is 17.6. The predicted octanol–water partition coefficient (Wildman–Crippen LogP) is 1.34. The van der Waals surface area contributed by atoms with Crippen LogP contribution >= 0.6 is 24.4 Å². The van der Waals surface area contributed by atoms with E-state index in [1.54, 1.807) is 58.3 Å². The van der Waals surface area contributed by atoms with Crippen LogP contribution in [0.4, 0.5) is 41.1 Å². The Hall–Kier alpha value is -6.95.